The molecular formula is C75H125N5O15. The first-order valence-electron chi connectivity index (χ1n) is 61.7. The number of ether oxygens (including phenoxy) is 10. The van der Waals surface area contributed by atoms with E-state index in [4.69, 9.17) is 120 Å². The minimum atomic E-state index is -3.65. The van der Waals surface area contributed by atoms with Crippen LogP contribution in [-0.2, 0) is 55.5 Å². The highest BCUT2D eigenvalue weighted by molar-refractivity contribution is 5.31. The van der Waals surface area contributed by atoms with Crippen LogP contribution in [0, 0.1) is 0 Å². The highest BCUT2D eigenvalue weighted by Gasteiger charge is 2.11. The predicted molar refractivity (Wildman–Crippen MR) is 383 cm³/mol. The highest BCUT2D eigenvalue weighted by atomic mass is 16.5. The number of rotatable bonds is 45. The second-order valence-corrected chi connectivity index (χ2v) is 17.6. The molecule has 0 aliphatic rings. The van der Waals surface area contributed by atoms with Gasteiger partial charge in [-0.05, 0) is 120 Å². The predicted octanol–water partition coefficient (Wildman–Crippen LogP) is 8.07. The van der Waals surface area contributed by atoms with Crippen LogP contribution in [-0.4, -0.2) is 219 Å². The molecule has 0 amide bonds. The molecule has 0 saturated heterocycles. The third kappa shape index (κ3) is 50.5. The van der Waals surface area contributed by atoms with E-state index in [9.17, 15) is 25.5 Å². The molecule has 7 atom stereocenters. The van der Waals surface area contributed by atoms with Gasteiger partial charge in [0.15, 0.2) is 0 Å². The van der Waals surface area contributed by atoms with Crippen LogP contribution in [0.4, 0.5) is 0 Å². The zero-order chi connectivity index (χ0) is 132. The first kappa shape index (κ1) is 27.6. The monoisotopic (exact) mass is 1410 g/mol. The summed E-state index contributed by atoms with van der Waals surface area (Å²) in [7, 11) is -16.1. The van der Waals surface area contributed by atoms with E-state index in [-0.39, 0.29) is 45.7 Å². The average Bonchev–Trinajstić information content (AvgIpc) is 0.735. The van der Waals surface area contributed by atoms with Crippen LogP contribution in [0.3, 0.4) is 0 Å². The largest absolute Gasteiger partial charge is 0.491 e. The lowest BCUT2D eigenvalue weighted by Crippen LogP contribution is -2.35. The van der Waals surface area contributed by atoms with Crippen molar-refractivity contribution in [3.63, 3.8) is 0 Å². The molecule has 5 aromatic carbocycles. The number of benzene rings is 5. The Morgan fingerprint density at radius 1 is 0.305 bits per heavy atom. The molecule has 0 aromatic heterocycles. The minimum absolute atomic E-state index is 0.198. The van der Waals surface area contributed by atoms with Crippen molar-refractivity contribution in [1.29, 1.82) is 0 Å². The summed E-state index contributed by atoms with van der Waals surface area (Å²) in [6.07, 6.45) is -27.3. The van der Waals surface area contributed by atoms with Crippen LogP contribution < -0.4 is 50.3 Å². The van der Waals surface area contributed by atoms with Gasteiger partial charge in [-0.25, -0.2) is 0 Å². The molecule has 10 N–H and O–H groups in total. The van der Waals surface area contributed by atoms with Crippen LogP contribution in [0.5, 0.6) is 28.7 Å². The molecule has 0 spiro atoms. The van der Waals surface area contributed by atoms with Gasteiger partial charge in [0, 0.05) is 146 Å². The van der Waals surface area contributed by atoms with Crippen molar-refractivity contribution in [1.82, 2.24) is 26.6 Å². The van der Waals surface area contributed by atoms with Crippen molar-refractivity contribution in [3.05, 3.63) is 149 Å². The van der Waals surface area contributed by atoms with E-state index in [1.54, 1.807) is 19.2 Å². The Balaban J connectivity index is 0.00000103. The van der Waals surface area contributed by atoms with Gasteiger partial charge in [-0.2, -0.15) is 0 Å². The van der Waals surface area contributed by atoms with Crippen molar-refractivity contribution in [2.45, 2.75) is 161 Å². The second kappa shape index (κ2) is 56.5. The minimum Gasteiger partial charge on any atom is -0.491 e. The molecule has 0 saturated carbocycles. The van der Waals surface area contributed by atoms with Gasteiger partial charge in [0.1, 0.15) is 92.1 Å². The third-order valence-electron chi connectivity index (χ3n) is 9.08. The summed E-state index contributed by atoms with van der Waals surface area (Å²) >= 11 is 0. The van der Waals surface area contributed by atoms with Crippen molar-refractivity contribution >= 4 is 0 Å². The van der Waals surface area contributed by atoms with Crippen LogP contribution in [0.15, 0.2) is 121 Å². The van der Waals surface area contributed by atoms with Crippen LogP contribution >= 0.6 is 0 Å². The molecule has 5 rings (SSSR count). The van der Waals surface area contributed by atoms with E-state index < -0.39 is 264 Å². The topological polar surface area (TPSA) is 254 Å². The summed E-state index contributed by atoms with van der Waals surface area (Å²) in [5, 5.41) is 60.5. The quantitative estimate of drug-likeness (QED) is 0.0177. The van der Waals surface area contributed by atoms with E-state index in [1.807, 2.05) is 5.32 Å². The van der Waals surface area contributed by atoms with Gasteiger partial charge in [0.25, 0.3) is 0 Å². The maximum Gasteiger partial charge on any atom is 0.119 e. The van der Waals surface area contributed by atoms with Gasteiger partial charge >= 0.3 is 0 Å². The molecule has 540 valence electrons. The summed E-state index contributed by atoms with van der Waals surface area (Å²) in [4.78, 5) is 0. The summed E-state index contributed by atoms with van der Waals surface area (Å²) in [5.41, 5.74) is -1.85. The first-order valence-corrected chi connectivity index (χ1v) is 26.7. The Labute approximate surface area is 669 Å². The summed E-state index contributed by atoms with van der Waals surface area (Å²) in [6, 6.07) is 10.0. The molecule has 95 heavy (non-hydrogen) atoms. The standard InChI is InChI=1S/5C15H25NO3/c5*1-12(2)16-10-14(17)11-19-15-6-4-13(5-7-15)8-9-18-3/h5*4-7,12,14,16-17H,8-11H2,1-3H3/i1D3,2D3,3D3,8D2,9D2,10D2,11D2,12D;1D3,3D3,8D2,9D2,10D2,11D2,12D;3D3,8D2,9D2,10D2,11D2,12D;1D3,3D3,8D2,9D2,10D2,11D2;3D3,8D2,9D2,10D2,11D2. The summed E-state index contributed by atoms with van der Waals surface area (Å²) in [5.74, 6) is -1.59. The smallest absolute Gasteiger partial charge is 0.119 e. The normalized spacial score (nSPS) is 28.9. The number of aliphatic hydroxyl groups excluding tert-OH is 5. The maximum atomic E-state index is 10.3. The van der Waals surface area contributed by atoms with E-state index >= 15 is 0 Å². The Hall–Kier alpha value is -5.50. The fourth-order valence-electron chi connectivity index (χ4n) is 5.20. The molecular weight excluding hydrogens is 1210 g/mol. The molecule has 20 nitrogen and oxygen atoms in total. The molecule has 0 aliphatic heterocycles. The van der Waals surface area contributed by atoms with Gasteiger partial charge in [-0.1, -0.05) is 130 Å². The fourth-order valence-corrected chi connectivity index (χ4v) is 5.20. The van der Waals surface area contributed by atoms with Crippen molar-refractivity contribution in [2.75, 3.05) is 133 Å². The number of methoxy groups -OCH3 is 5. The number of hydrogen-bond donors (Lipinski definition) is 10. The average molecular weight is 1410 g/mol. The molecule has 20 heteroatoms. The molecule has 0 fully saturated rings. The Kier molecular flexibility index (Phi) is 16.4. The Morgan fingerprint density at radius 3 is 0.737 bits per heavy atom. The maximum absolute atomic E-state index is 10.3. The molecule has 0 bridgehead atoms. The van der Waals surface area contributed by atoms with E-state index in [2.05, 4.69) is 34.3 Å². The van der Waals surface area contributed by atoms with Crippen molar-refractivity contribution in [3.8, 4) is 28.7 Å². The number of aryl methyl sites for hydroxylation is 5. The lowest BCUT2D eigenvalue weighted by Gasteiger charge is -2.15. The molecule has 7 unspecified atom stereocenters. The van der Waals surface area contributed by atoms with E-state index in [0.717, 1.165) is 135 Å². The molecule has 0 heterocycles. The summed E-state index contributed by atoms with van der Waals surface area (Å²) in [6.45, 7) is -51.8. The van der Waals surface area contributed by atoms with E-state index in [0.29, 0.717) is 0 Å². The lowest BCUT2D eigenvalue weighted by molar-refractivity contribution is 0.104. The lowest BCUT2D eigenvalue weighted by atomic mass is 10.1. The first-order chi connectivity index (χ1) is 71.9. The van der Waals surface area contributed by atoms with Crippen molar-refractivity contribution in [2.24, 2.45) is 0 Å². The van der Waals surface area contributed by atoms with Crippen LogP contribution in [0.2, 0.25) is 0 Å². The second-order valence-electron chi connectivity index (χ2n) is 17.6. The van der Waals surface area contributed by atoms with Gasteiger partial charge in [0.2, 0.25) is 0 Å². The van der Waals surface area contributed by atoms with Crippen LogP contribution in [0.1, 0.15) is 193 Å². The van der Waals surface area contributed by atoms with Crippen LogP contribution in [0.25, 0.3) is 0 Å². The fraction of sp³-hybridized carbons (Fsp3) is 0.600. The Bertz CT molecular complexity index is 5540. The molecule has 5 aromatic rings. The van der Waals surface area contributed by atoms with Gasteiger partial charge in [0.05, 0.1) is 80.8 Å². The zero-order valence-corrected chi connectivity index (χ0v) is 51.4. The zero-order valence-electron chi connectivity index (χ0n) is 121. The van der Waals surface area contributed by atoms with Gasteiger partial charge < -0.3 is 99.5 Å². The number of aliphatic hydroxyl groups is 5. The SMILES string of the molecule is [2H]C(C)(C)NC([2H])([2H])C(O)C([2H])([2H])Oc1ccc(C([2H])([2H])C([2H])([2H])OC([2H])([2H])[2H])cc1.[2H]C([2H])([2H])OC([2H])([2H])C([2H])([2H])c1ccc(OC([2H])([2H])C(O)C([2H])([2H])NC(C)C([2H])([2H])[2H])cc1.[2H]C([2H])([2H])OC([2H])([2H])C([2H])([2H])c1ccc(OC([2H])([2H])C(O)C([2H])([2H])NC(C)C)cc1.[2H]C([2H])([2H])OC([2H])([2H])C([2H])([2H])c1ccc(OC([2H])([2H])C(O)C([2H])([2H])NC([2H])(C([2H])([2H])[2H])C([2H])([2H])[2H])cc1.[2H]C([2H])([2H])OC([2H])([2H])C([2H])([2H])c1ccc(OC([2H])([2H])C(O)C([2H])([2H])NC([2H])(C)C([2H])([2H])[2H])cc1. The third-order valence-corrected chi connectivity index (χ3v) is 9.08. The number of hydrogen-bond acceptors (Lipinski definition) is 20. The molecule has 0 radical (unpaired) electrons. The van der Waals surface area contributed by atoms with E-state index in [1.165, 1.54) is 19.2 Å². The summed E-state index contributed by atoms with van der Waals surface area (Å²) < 4.78 is 574. The number of nitrogens with one attached hydrogen (secondary N) is 5. The molecule has 0 aliphatic carbocycles. The van der Waals surface area contributed by atoms with Gasteiger partial charge in [-0.3, -0.25) is 0 Å². The Morgan fingerprint density at radius 2 is 0.526 bits per heavy atom. The highest BCUT2D eigenvalue weighted by Crippen LogP contribution is 2.17. The van der Waals surface area contributed by atoms with Crippen molar-refractivity contribution < 1.29 is 169 Å². The van der Waals surface area contributed by atoms with Gasteiger partial charge in [-0.15, -0.1) is 0 Å².